The molecule has 1 heterocycles. The number of alkyl halides is 3. The van der Waals surface area contributed by atoms with Gasteiger partial charge in [-0.25, -0.2) is 0 Å². The largest absolute Gasteiger partial charge is 0.488 e. The lowest BCUT2D eigenvalue weighted by Gasteiger charge is -2.17. The maximum absolute atomic E-state index is 12.8. The maximum atomic E-state index is 12.8. The lowest BCUT2D eigenvalue weighted by atomic mass is 10.1. The summed E-state index contributed by atoms with van der Waals surface area (Å²) in [6.45, 7) is 1.28. The highest BCUT2D eigenvalue weighted by Gasteiger charge is 2.35. The molecular formula is C12H11F3N2O. The van der Waals surface area contributed by atoms with Crippen molar-refractivity contribution in [3.63, 3.8) is 0 Å². The van der Waals surface area contributed by atoms with Gasteiger partial charge in [-0.05, 0) is 31.2 Å². The van der Waals surface area contributed by atoms with Gasteiger partial charge in [0.2, 0.25) is 0 Å². The first kappa shape index (κ1) is 12.7. The topological polar surface area (TPSA) is 45.0 Å². The van der Waals surface area contributed by atoms with Crippen molar-refractivity contribution in [3.8, 4) is 11.8 Å². The molecule has 1 aromatic carbocycles. The molecule has 96 valence electrons. The van der Waals surface area contributed by atoms with Crippen molar-refractivity contribution < 1.29 is 17.9 Å². The zero-order valence-electron chi connectivity index (χ0n) is 9.42. The number of ether oxygens (including phenoxy) is 1. The van der Waals surface area contributed by atoms with Gasteiger partial charge in [0.1, 0.15) is 11.9 Å². The van der Waals surface area contributed by atoms with Crippen LogP contribution in [-0.4, -0.2) is 19.2 Å². The average molecular weight is 256 g/mol. The highest BCUT2D eigenvalue weighted by molar-refractivity contribution is 5.43. The van der Waals surface area contributed by atoms with Crippen molar-refractivity contribution in [1.82, 2.24) is 5.32 Å². The molecule has 3 nitrogen and oxygen atoms in total. The second kappa shape index (κ2) is 4.86. The molecule has 1 N–H and O–H groups in total. The van der Waals surface area contributed by atoms with Gasteiger partial charge in [0.15, 0.2) is 0 Å². The summed E-state index contributed by atoms with van der Waals surface area (Å²) >= 11 is 0. The molecule has 1 saturated heterocycles. The molecule has 6 heteroatoms. The molecule has 0 radical (unpaired) electrons. The normalized spacial score (nSPS) is 19.6. The standard InChI is InChI=1S/C12H11F3N2O/c13-12(14,15)10-5-8(6-16)1-2-11(10)18-9-3-4-17-7-9/h1-2,5,9,17H,3-4,7H2/t9-/m0/s1. The van der Waals surface area contributed by atoms with Crippen molar-refractivity contribution in [2.24, 2.45) is 0 Å². The van der Waals surface area contributed by atoms with E-state index >= 15 is 0 Å². The van der Waals surface area contributed by atoms with E-state index in [4.69, 9.17) is 10.00 Å². The number of nitrogens with one attached hydrogen (secondary N) is 1. The van der Waals surface area contributed by atoms with Crippen molar-refractivity contribution in [3.05, 3.63) is 29.3 Å². The first-order valence-corrected chi connectivity index (χ1v) is 5.49. The zero-order chi connectivity index (χ0) is 13.2. The van der Waals surface area contributed by atoms with E-state index in [0.717, 1.165) is 12.6 Å². The molecular weight excluding hydrogens is 245 g/mol. The molecule has 1 fully saturated rings. The zero-order valence-corrected chi connectivity index (χ0v) is 9.42. The van der Waals surface area contributed by atoms with Gasteiger partial charge in [-0.15, -0.1) is 0 Å². The van der Waals surface area contributed by atoms with E-state index in [9.17, 15) is 13.2 Å². The van der Waals surface area contributed by atoms with Crippen LogP contribution in [0.2, 0.25) is 0 Å². The highest BCUT2D eigenvalue weighted by Crippen LogP contribution is 2.37. The molecule has 2 rings (SSSR count). The van der Waals surface area contributed by atoms with E-state index in [1.165, 1.54) is 12.1 Å². The Hall–Kier alpha value is -1.74. The molecule has 18 heavy (non-hydrogen) atoms. The number of hydrogen-bond donors (Lipinski definition) is 1. The van der Waals surface area contributed by atoms with Crippen LogP contribution in [0, 0.1) is 11.3 Å². The van der Waals surface area contributed by atoms with Gasteiger partial charge in [0.25, 0.3) is 0 Å². The molecule has 1 aliphatic rings. The molecule has 1 aromatic rings. The van der Waals surface area contributed by atoms with Gasteiger partial charge in [-0.2, -0.15) is 18.4 Å². The van der Waals surface area contributed by atoms with Crippen LogP contribution < -0.4 is 10.1 Å². The molecule has 0 aliphatic carbocycles. The Balaban J connectivity index is 2.30. The summed E-state index contributed by atoms with van der Waals surface area (Å²) < 4.78 is 43.8. The predicted octanol–water partition coefficient (Wildman–Crippen LogP) is 2.32. The van der Waals surface area contributed by atoms with Gasteiger partial charge in [0.05, 0.1) is 17.2 Å². The molecule has 0 amide bonds. The lowest BCUT2D eigenvalue weighted by molar-refractivity contribution is -0.139. The number of hydrogen-bond acceptors (Lipinski definition) is 3. The van der Waals surface area contributed by atoms with Gasteiger partial charge in [-0.1, -0.05) is 0 Å². The summed E-state index contributed by atoms with van der Waals surface area (Å²) in [4.78, 5) is 0. The third-order valence-corrected chi connectivity index (χ3v) is 2.72. The minimum atomic E-state index is -4.52. The summed E-state index contributed by atoms with van der Waals surface area (Å²) in [6, 6.07) is 5.04. The highest BCUT2D eigenvalue weighted by atomic mass is 19.4. The predicted molar refractivity (Wildman–Crippen MR) is 58.1 cm³/mol. The van der Waals surface area contributed by atoms with E-state index in [-0.39, 0.29) is 17.4 Å². The SMILES string of the molecule is N#Cc1ccc(O[C@H]2CCNC2)c(C(F)(F)F)c1. The second-order valence-corrected chi connectivity index (χ2v) is 4.05. The lowest BCUT2D eigenvalue weighted by Crippen LogP contribution is -2.21. The second-order valence-electron chi connectivity index (χ2n) is 4.05. The summed E-state index contributed by atoms with van der Waals surface area (Å²) in [5.41, 5.74) is -0.923. The average Bonchev–Trinajstić information content (AvgIpc) is 2.81. The Morgan fingerprint density at radius 1 is 1.39 bits per heavy atom. The first-order valence-electron chi connectivity index (χ1n) is 5.49. The fraction of sp³-hybridized carbons (Fsp3) is 0.417. The Morgan fingerprint density at radius 2 is 2.17 bits per heavy atom. The number of nitriles is 1. The fourth-order valence-electron chi connectivity index (χ4n) is 1.83. The Bertz CT molecular complexity index is 473. The summed E-state index contributed by atoms with van der Waals surface area (Å²) in [5.74, 6) is -0.213. The third-order valence-electron chi connectivity index (χ3n) is 2.72. The van der Waals surface area contributed by atoms with Crippen molar-refractivity contribution in [2.45, 2.75) is 18.7 Å². The Morgan fingerprint density at radius 3 is 2.72 bits per heavy atom. The minimum absolute atomic E-state index is 0.0285. The minimum Gasteiger partial charge on any atom is -0.488 e. The number of nitrogens with zero attached hydrogens (tertiary/aromatic N) is 1. The van der Waals surface area contributed by atoms with E-state index in [2.05, 4.69) is 5.32 Å². The molecule has 0 aromatic heterocycles. The molecule has 0 bridgehead atoms. The van der Waals surface area contributed by atoms with Crippen LogP contribution in [0.15, 0.2) is 18.2 Å². The molecule has 0 saturated carbocycles. The summed E-state index contributed by atoms with van der Waals surface area (Å²) in [6.07, 6.45) is -4.09. The molecule has 1 atom stereocenters. The van der Waals surface area contributed by atoms with E-state index in [0.29, 0.717) is 13.0 Å². The van der Waals surface area contributed by atoms with Crippen LogP contribution in [-0.2, 0) is 6.18 Å². The maximum Gasteiger partial charge on any atom is 0.420 e. The smallest absolute Gasteiger partial charge is 0.420 e. The summed E-state index contributed by atoms with van der Waals surface area (Å²) in [7, 11) is 0. The van der Waals surface area contributed by atoms with Crippen LogP contribution in [0.3, 0.4) is 0 Å². The van der Waals surface area contributed by atoms with Gasteiger partial charge in [-0.3, -0.25) is 0 Å². The van der Waals surface area contributed by atoms with Crippen molar-refractivity contribution >= 4 is 0 Å². The Kier molecular flexibility index (Phi) is 3.43. The monoisotopic (exact) mass is 256 g/mol. The van der Waals surface area contributed by atoms with Crippen molar-refractivity contribution in [1.29, 1.82) is 5.26 Å². The Labute approximate surface area is 102 Å². The number of benzene rings is 1. The quantitative estimate of drug-likeness (QED) is 0.883. The van der Waals surface area contributed by atoms with Crippen LogP contribution >= 0.6 is 0 Å². The van der Waals surface area contributed by atoms with Crippen LogP contribution in [0.1, 0.15) is 17.5 Å². The number of rotatable bonds is 2. The third kappa shape index (κ3) is 2.74. The molecule has 1 aliphatic heterocycles. The summed E-state index contributed by atoms with van der Waals surface area (Å²) in [5, 5.41) is 11.6. The van der Waals surface area contributed by atoms with Gasteiger partial charge >= 0.3 is 6.18 Å². The first-order chi connectivity index (χ1) is 8.50. The van der Waals surface area contributed by atoms with Crippen LogP contribution in [0.5, 0.6) is 5.75 Å². The van der Waals surface area contributed by atoms with E-state index in [1.807, 2.05) is 0 Å². The van der Waals surface area contributed by atoms with Crippen LogP contribution in [0.25, 0.3) is 0 Å². The van der Waals surface area contributed by atoms with E-state index < -0.39 is 11.7 Å². The molecule has 0 spiro atoms. The van der Waals surface area contributed by atoms with Crippen molar-refractivity contribution in [2.75, 3.05) is 13.1 Å². The van der Waals surface area contributed by atoms with Gasteiger partial charge < -0.3 is 10.1 Å². The van der Waals surface area contributed by atoms with Crippen LogP contribution in [0.4, 0.5) is 13.2 Å². The van der Waals surface area contributed by atoms with Gasteiger partial charge in [0, 0.05) is 6.54 Å². The fourth-order valence-corrected chi connectivity index (χ4v) is 1.83. The number of halogens is 3. The van der Waals surface area contributed by atoms with E-state index in [1.54, 1.807) is 6.07 Å². The molecule has 0 unspecified atom stereocenters.